The molecule has 1 aromatic rings. The lowest BCUT2D eigenvalue weighted by Crippen LogP contribution is -2.40. The van der Waals surface area contributed by atoms with Crippen LogP contribution in [0.1, 0.15) is 53.1 Å². The molecule has 0 radical (unpaired) electrons. The van der Waals surface area contributed by atoms with E-state index >= 15 is 0 Å². The van der Waals surface area contributed by atoms with Crippen LogP contribution in [-0.4, -0.2) is 28.7 Å². The molecule has 1 rings (SSSR count). The van der Waals surface area contributed by atoms with Gasteiger partial charge in [0.15, 0.2) is 6.04 Å². The van der Waals surface area contributed by atoms with Gasteiger partial charge in [0.05, 0.1) is 5.41 Å². The number of carbonyl (C=O) groups is 3. The minimum Gasteiger partial charge on any atom is -0.508 e. The van der Waals surface area contributed by atoms with Gasteiger partial charge >= 0.3 is 18.0 Å². The van der Waals surface area contributed by atoms with Crippen molar-refractivity contribution in [3.8, 4) is 5.75 Å². The Kier molecular flexibility index (Phi) is 6.18. The molecule has 2 N–H and O–H groups in total. The summed E-state index contributed by atoms with van der Waals surface area (Å²) in [5.41, 5.74) is -1.29. The first-order valence-electron chi connectivity index (χ1n) is 7.84. The Bertz CT molecular complexity index is 637. The fourth-order valence-electron chi connectivity index (χ4n) is 1.67. The van der Waals surface area contributed by atoms with Crippen LogP contribution in [0.4, 0.5) is 4.79 Å². The SMILES string of the molecule is CC(C)(C)OC(=O)NC(C(=O)OC(=O)C(C)(C)C)c1ccc(O)cc1. The van der Waals surface area contributed by atoms with E-state index in [1.54, 1.807) is 41.5 Å². The molecule has 7 heteroatoms. The van der Waals surface area contributed by atoms with Gasteiger partial charge in [-0.15, -0.1) is 0 Å². The van der Waals surface area contributed by atoms with E-state index in [0.717, 1.165) is 0 Å². The van der Waals surface area contributed by atoms with Crippen LogP contribution in [-0.2, 0) is 19.1 Å². The van der Waals surface area contributed by atoms with Crippen LogP contribution < -0.4 is 5.32 Å². The molecule has 1 aromatic carbocycles. The van der Waals surface area contributed by atoms with E-state index in [0.29, 0.717) is 5.56 Å². The number of ether oxygens (including phenoxy) is 2. The minimum absolute atomic E-state index is 0.00102. The monoisotopic (exact) mass is 351 g/mol. The van der Waals surface area contributed by atoms with Gasteiger partial charge in [-0.1, -0.05) is 12.1 Å². The number of carbonyl (C=O) groups excluding carboxylic acids is 3. The minimum atomic E-state index is -1.25. The van der Waals surface area contributed by atoms with Gasteiger partial charge in [0, 0.05) is 0 Å². The number of benzene rings is 1. The molecule has 1 atom stereocenters. The third-order valence-electron chi connectivity index (χ3n) is 2.93. The smallest absolute Gasteiger partial charge is 0.408 e. The van der Waals surface area contributed by atoms with Gasteiger partial charge in [0.25, 0.3) is 0 Å². The topological polar surface area (TPSA) is 102 Å². The Labute approximate surface area is 147 Å². The highest BCUT2D eigenvalue weighted by Crippen LogP contribution is 2.22. The van der Waals surface area contributed by atoms with Gasteiger partial charge < -0.3 is 19.9 Å². The maximum absolute atomic E-state index is 12.4. The zero-order chi connectivity index (χ0) is 19.4. The average molecular weight is 351 g/mol. The molecule has 25 heavy (non-hydrogen) atoms. The quantitative estimate of drug-likeness (QED) is 0.641. The van der Waals surface area contributed by atoms with Crippen molar-refractivity contribution >= 4 is 18.0 Å². The summed E-state index contributed by atoms with van der Waals surface area (Å²) in [5.74, 6) is -1.65. The summed E-state index contributed by atoms with van der Waals surface area (Å²) in [7, 11) is 0. The lowest BCUT2D eigenvalue weighted by atomic mass is 9.97. The van der Waals surface area contributed by atoms with E-state index in [-0.39, 0.29) is 5.75 Å². The van der Waals surface area contributed by atoms with Crippen molar-refractivity contribution in [1.29, 1.82) is 0 Å². The Hall–Kier alpha value is -2.57. The average Bonchev–Trinajstić information content (AvgIpc) is 2.42. The Morgan fingerprint density at radius 3 is 1.96 bits per heavy atom. The maximum atomic E-state index is 12.4. The highest BCUT2D eigenvalue weighted by atomic mass is 16.6. The molecule has 0 heterocycles. The molecular weight excluding hydrogens is 326 g/mol. The standard InChI is InChI=1S/C18H25NO6/c1-17(2,3)15(22)24-14(21)13(11-7-9-12(20)10-8-11)19-16(23)25-18(4,5)6/h7-10,13,20H,1-6H3,(H,19,23). The van der Waals surface area contributed by atoms with Crippen LogP contribution in [0.3, 0.4) is 0 Å². The molecular formula is C18H25NO6. The summed E-state index contributed by atoms with van der Waals surface area (Å²) in [5, 5.41) is 11.8. The van der Waals surface area contributed by atoms with Crippen LogP contribution >= 0.6 is 0 Å². The predicted octanol–water partition coefficient (Wildman–Crippen LogP) is 3.07. The van der Waals surface area contributed by atoms with Gasteiger partial charge in [0.2, 0.25) is 0 Å². The fraction of sp³-hybridized carbons (Fsp3) is 0.500. The molecule has 0 bridgehead atoms. The lowest BCUT2D eigenvalue weighted by molar-refractivity contribution is -0.167. The molecule has 0 aliphatic heterocycles. The van der Waals surface area contributed by atoms with E-state index in [9.17, 15) is 19.5 Å². The van der Waals surface area contributed by atoms with E-state index in [1.807, 2.05) is 0 Å². The maximum Gasteiger partial charge on any atom is 0.408 e. The number of nitrogens with one attached hydrogen (secondary N) is 1. The van der Waals surface area contributed by atoms with Crippen LogP contribution in [0.5, 0.6) is 5.75 Å². The van der Waals surface area contributed by atoms with Crippen LogP contribution in [0.2, 0.25) is 0 Å². The summed E-state index contributed by atoms with van der Waals surface area (Å²) >= 11 is 0. The highest BCUT2D eigenvalue weighted by Gasteiger charge is 2.32. The second-order valence-electron chi connectivity index (χ2n) is 7.63. The van der Waals surface area contributed by atoms with Gasteiger partial charge in [-0.05, 0) is 59.2 Å². The van der Waals surface area contributed by atoms with Gasteiger partial charge in [-0.25, -0.2) is 9.59 Å². The largest absolute Gasteiger partial charge is 0.508 e. The van der Waals surface area contributed by atoms with E-state index in [1.165, 1.54) is 24.3 Å². The normalized spacial score (nSPS) is 12.9. The van der Waals surface area contributed by atoms with E-state index in [2.05, 4.69) is 5.32 Å². The zero-order valence-corrected chi connectivity index (χ0v) is 15.4. The molecule has 0 aliphatic rings. The summed E-state index contributed by atoms with van der Waals surface area (Å²) in [6, 6.07) is 4.36. The number of phenolic OH excluding ortho intramolecular Hbond substituents is 1. The summed E-state index contributed by atoms with van der Waals surface area (Å²) in [6.07, 6.45) is -0.828. The van der Waals surface area contributed by atoms with Crippen LogP contribution in [0, 0.1) is 5.41 Å². The van der Waals surface area contributed by atoms with Crippen molar-refractivity contribution in [1.82, 2.24) is 5.32 Å². The third-order valence-corrected chi connectivity index (χ3v) is 2.93. The van der Waals surface area contributed by atoms with Gasteiger partial charge in [0.1, 0.15) is 11.4 Å². The molecule has 0 saturated heterocycles. The van der Waals surface area contributed by atoms with Gasteiger partial charge in [-0.3, -0.25) is 4.79 Å². The predicted molar refractivity (Wildman–Crippen MR) is 90.8 cm³/mol. The number of esters is 2. The first-order valence-corrected chi connectivity index (χ1v) is 7.84. The fourth-order valence-corrected chi connectivity index (χ4v) is 1.67. The Morgan fingerprint density at radius 1 is 1.00 bits per heavy atom. The van der Waals surface area contributed by atoms with Crippen molar-refractivity contribution in [2.24, 2.45) is 5.41 Å². The zero-order valence-electron chi connectivity index (χ0n) is 15.4. The summed E-state index contributed by atoms with van der Waals surface area (Å²) in [6.45, 7) is 9.88. The number of hydrogen-bond donors (Lipinski definition) is 2. The molecule has 0 saturated carbocycles. The van der Waals surface area contributed by atoms with Crippen molar-refractivity contribution in [3.05, 3.63) is 29.8 Å². The van der Waals surface area contributed by atoms with Crippen molar-refractivity contribution in [2.45, 2.75) is 53.2 Å². The van der Waals surface area contributed by atoms with Crippen molar-refractivity contribution in [2.75, 3.05) is 0 Å². The number of phenols is 1. The third kappa shape index (κ3) is 6.82. The molecule has 138 valence electrons. The molecule has 0 spiro atoms. The first-order chi connectivity index (χ1) is 11.3. The number of rotatable bonds is 3. The molecule has 1 amide bonds. The van der Waals surface area contributed by atoms with Crippen molar-refractivity contribution < 1.29 is 29.0 Å². The molecule has 0 aliphatic carbocycles. The van der Waals surface area contributed by atoms with Crippen LogP contribution in [0.25, 0.3) is 0 Å². The van der Waals surface area contributed by atoms with Crippen LogP contribution in [0.15, 0.2) is 24.3 Å². The second-order valence-corrected chi connectivity index (χ2v) is 7.63. The number of hydrogen-bond acceptors (Lipinski definition) is 6. The Morgan fingerprint density at radius 2 is 1.52 bits per heavy atom. The molecule has 7 nitrogen and oxygen atoms in total. The Balaban J connectivity index is 3.03. The number of aromatic hydroxyl groups is 1. The van der Waals surface area contributed by atoms with Gasteiger partial charge in [-0.2, -0.15) is 0 Å². The van der Waals surface area contributed by atoms with Crippen molar-refractivity contribution in [3.63, 3.8) is 0 Å². The van der Waals surface area contributed by atoms with E-state index in [4.69, 9.17) is 9.47 Å². The summed E-state index contributed by atoms with van der Waals surface area (Å²) in [4.78, 5) is 36.4. The van der Waals surface area contributed by atoms with E-state index < -0.39 is 35.1 Å². The first kappa shape index (κ1) is 20.5. The number of alkyl carbamates (subject to hydrolysis) is 1. The number of amides is 1. The lowest BCUT2D eigenvalue weighted by Gasteiger charge is -2.24. The highest BCUT2D eigenvalue weighted by molar-refractivity contribution is 5.92. The molecule has 1 unspecified atom stereocenters. The second kappa shape index (κ2) is 7.55. The molecule has 0 aromatic heterocycles. The molecule has 0 fully saturated rings. The summed E-state index contributed by atoms with van der Waals surface area (Å²) < 4.78 is 10.0.